The zero-order valence-corrected chi connectivity index (χ0v) is 14.7. The van der Waals surface area contributed by atoms with E-state index in [9.17, 15) is 12.8 Å². The largest absolute Gasteiger partial charge is 0.357 e. The molecule has 0 atom stereocenters. The second-order valence-electron chi connectivity index (χ2n) is 5.37. The van der Waals surface area contributed by atoms with E-state index in [1.807, 2.05) is 6.92 Å². The Morgan fingerprint density at radius 3 is 2.48 bits per heavy atom. The lowest BCUT2D eigenvalue weighted by Gasteiger charge is -2.11. The van der Waals surface area contributed by atoms with Gasteiger partial charge in [-0.1, -0.05) is 24.3 Å². The molecule has 0 aromatic heterocycles. The summed E-state index contributed by atoms with van der Waals surface area (Å²) in [6, 6.07) is 12.6. The van der Waals surface area contributed by atoms with Gasteiger partial charge in [-0.2, -0.15) is 0 Å². The highest BCUT2D eigenvalue weighted by Gasteiger charge is 2.07. The minimum atomic E-state index is -3.73. The van der Waals surface area contributed by atoms with Crippen LogP contribution in [0.4, 0.5) is 4.39 Å². The zero-order valence-electron chi connectivity index (χ0n) is 13.9. The molecule has 0 heterocycles. The normalized spacial score (nSPS) is 12.0. The van der Waals surface area contributed by atoms with Gasteiger partial charge in [-0.15, -0.1) is 0 Å². The number of hydrogen-bond donors (Lipinski definition) is 3. The first-order valence-corrected chi connectivity index (χ1v) is 9.31. The molecular formula is C17H21FN4O2S. The van der Waals surface area contributed by atoms with Gasteiger partial charge in [0, 0.05) is 13.1 Å². The summed E-state index contributed by atoms with van der Waals surface area (Å²) in [5.74, 6) is 0.298. The Morgan fingerprint density at radius 1 is 1.12 bits per heavy atom. The molecule has 0 amide bonds. The maximum Gasteiger partial charge on any atom is 0.238 e. The number of nitrogens with zero attached hydrogens (tertiary/aromatic N) is 1. The summed E-state index contributed by atoms with van der Waals surface area (Å²) in [5.41, 5.74) is 1.65. The number of rotatable bonds is 6. The summed E-state index contributed by atoms with van der Waals surface area (Å²) < 4.78 is 35.7. The highest BCUT2D eigenvalue weighted by molar-refractivity contribution is 7.89. The van der Waals surface area contributed by atoms with Crippen molar-refractivity contribution in [1.29, 1.82) is 0 Å². The van der Waals surface area contributed by atoms with Gasteiger partial charge < -0.3 is 10.6 Å². The molecule has 0 fully saturated rings. The lowest BCUT2D eigenvalue weighted by atomic mass is 10.2. The number of benzene rings is 2. The molecule has 0 bridgehead atoms. The number of aliphatic imine (C=N–C) groups is 1. The average molecular weight is 364 g/mol. The second kappa shape index (κ2) is 8.59. The van der Waals surface area contributed by atoms with Crippen LogP contribution in [0.2, 0.25) is 0 Å². The van der Waals surface area contributed by atoms with E-state index < -0.39 is 10.0 Å². The third kappa shape index (κ3) is 6.17. The van der Waals surface area contributed by atoms with Gasteiger partial charge in [0.15, 0.2) is 5.96 Å². The molecule has 0 radical (unpaired) electrons. The third-order valence-corrected chi connectivity index (χ3v) is 4.28. The maximum atomic E-state index is 12.9. The molecule has 2 aromatic rings. The van der Waals surface area contributed by atoms with Gasteiger partial charge in [-0.25, -0.2) is 22.9 Å². The zero-order chi connectivity index (χ0) is 18.3. The molecule has 0 unspecified atom stereocenters. The van der Waals surface area contributed by atoms with Crippen molar-refractivity contribution >= 4 is 16.0 Å². The molecule has 6 nitrogen and oxygen atoms in total. The lowest BCUT2D eigenvalue weighted by molar-refractivity contribution is 0.597. The minimum absolute atomic E-state index is 0.0597. The average Bonchev–Trinajstić information content (AvgIpc) is 2.58. The molecule has 0 saturated heterocycles. The summed E-state index contributed by atoms with van der Waals surface area (Å²) >= 11 is 0. The Bertz CT molecular complexity index is 836. The van der Waals surface area contributed by atoms with Crippen LogP contribution in [0.3, 0.4) is 0 Å². The van der Waals surface area contributed by atoms with E-state index in [-0.39, 0.29) is 10.7 Å². The Labute approximate surface area is 147 Å². The molecule has 2 aromatic carbocycles. The summed E-state index contributed by atoms with van der Waals surface area (Å²) in [6.45, 7) is 3.40. The fraction of sp³-hybridized carbons (Fsp3) is 0.235. The van der Waals surface area contributed by atoms with Crippen LogP contribution in [0.15, 0.2) is 58.4 Å². The first kappa shape index (κ1) is 18.9. The van der Waals surface area contributed by atoms with E-state index >= 15 is 0 Å². The van der Waals surface area contributed by atoms with E-state index in [0.717, 1.165) is 11.1 Å². The molecule has 0 aliphatic carbocycles. The topological polar surface area (TPSA) is 96.6 Å². The van der Waals surface area contributed by atoms with Crippen molar-refractivity contribution in [2.45, 2.75) is 24.9 Å². The van der Waals surface area contributed by atoms with Crippen LogP contribution in [0.1, 0.15) is 18.1 Å². The first-order valence-electron chi connectivity index (χ1n) is 7.77. The summed E-state index contributed by atoms with van der Waals surface area (Å²) in [6.07, 6.45) is 0. The van der Waals surface area contributed by atoms with Crippen molar-refractivity contribution in [3.8, 4) is 0 Å². The third-order valence-electron chi connectivity index (χ3n) is 3.36. The fourth-order valence-corrected chi connectivity index (χ4v) is 2.70. The standard InChI is InChI=1S/C17H21FN4O2S/c1-2-20-17(21-11-13-6-8-15(18)9-7-13)22-12-14-4-3-5-16(10-14)25(19,23)24/h3-10H,2,11-12H2,1H3,(H2,19,23,24)(H2,20,21,22). The Hall–Kier alpha value is -2.45. The highest BCUT2D eigenvalue weighted by atomic mass is 32.2. The predicted octanol–water partition coefficient (Wildman–Crippen LogP) is 1.73. The summed E-state index contributed by atoms with van der Waals surface area (Å²) in [7, 11) is -3.73. The van der Waals surface area contributed by atoms with Gasteiger partial charge in [0.2, 0.25) is 10.0 Å². The van der Waals surface area contributed by atoms with Crippen LogP contribution in [0.5, 0.6) is 0 Å². The number of sulfonamides is 1. The van der Waals surface area contributed by atoms with Gasteiger partial charge in [-0.3, -0.25) is 0 Å². The molecule has 0 spiro atoms. The number of nitrogens with two attached hydrogens (primary N) is 1. The Kier molecular flexibility index (Phi) is 6.49. The lowest BCUT2D eigenvalue weighted by Crippen LogP contribution is -2.36. The van der Waals surface area contributed by atoms with E-state index in [4.69, 9.17) is 5.14 Å². The molecule has 2 rings (SSSR count). The smallest absolute Gasteiger partial charge is 0.238 e. The molecule has 0 aliphatic rings. The maximum absolute atomic E-state index is 12.9. The number of guanidine groups is 1. The fourth-order valence-electron chi connectivity index (χ4n) is 2.12. The van der Waals surface area contributed by atoms with Crippen molar-refractivity contribution in [3.63, 3.8) is 0 Å². The van der Waals surface area contributed by atoms with Crippen molar-refractivity contribution in [2.24, 2.45) is 10.1 Å². The van der Waals surface area contributed by atoms with E-state index in [1.54, 1.807) is 24.3 Å². The van der Waals surface area contributed by atoms with Crippen molar-refractivity contribution in [1.82, 2.24) is 10.6 Å². The number of primary sulfonamides is 1. The predicted molar refractivity (Wildman–Crippen MR) is 95.9 cm³/mol. The summed E-state index contributed by atoms with van der Waals surface area (Å²) in [5, 5.41) is 11.4. The van der Waals surface area contributed by atoms with Crippen molar-refractivity contribution in [2.75, 3.05) is 6.54 Å². The number of nitrogens with one attached hydrogen (secondary N) is 2. The minimum Gasteiger partial charge on any atom is -0.357 e. The Morgan fingerprint density at radius 2 is 1.84 bits per heavy atom. The van der Waals surface area contributed by atoms with Gasteiger partial charge in [-0.05, 0) is 42.3 Å². The van der Waals surface area contributed by atoms with Crippen molar-refractivity contribution < 1.29 is 12.8 Å². The molecular weight excluding hydrogens is 343 g/mol. The van der Waals surface area contributed by atoms with Crippen molar-refractivity contribution in [3.05, 3.63) is 65.5 Å². The molecule has 8 heteroatoms. The molecule has 0 aliphatic heterocycles. The number of halogens is 1. The van der Waals surface area contributed by atoms with Crippen LogP contribution in [0, 0.1) is 5.82 Å². The van der Waals surface area contributed by atoms with Gasteiger partial charge in [0.05, 0.1) is 11.4 Å². The quantitative estimate of drug-likeness (QED) is 0.537. The molecule has 4 N–H and O–H groups in total. The van der Waals surface area contributed by atoms with Crippen LogP contribution >= 0.6 is 0 Å². The van der Waals surface area contributed by atoms with Gasteiger partial charge in [0.1, 0.15) is 5.82 Å². The van der Waals surface area contributed by atoms with Crippen LogP contribution < -0.4 is 15.8 Å². The molecule has 134 valence electrons. The first-order chi connectivity index (χ1) is 11.9. The summed E-state index contributed by atoms with van der Waals surface area (Å²) in [4.78, 5) is 4.48. The van der Waals surface area contributed by atoms with Crippen LogP contribution in [0.25, 0.3) is 0 Å². The van der Waals surface area contributed by atoms with Crippen LogP contribution in [-0.4, -0.2) is 20.9 Å². The van der Waals surface area contributed by atoms with Gasteiger partial charge in [0.25, 0.3) is 0 Å². The highest BCUT2D eigenvalue weighted by Crippen LogP contribution is 2.10. The number of hydrogen-bond acceptors (Lipinski definition) is 3. The monoisotopic (exact) mass is 364 g/mol. The molecule has 25 heavy (non-hydrogen) atoms. The molecule has 0 saturated carbocycles. The SMILES string of the molecule is CCNC(=NCc1cccc(S(N)(=O)=O)c1)NCc1ccc(F)cc1. The second-order valence-corrected chi connectivity index (χ2v) is 6.93. The Balaban J connectivity index is 2.05. The van der Waals surface area contributed by atoms with E-state index in [1.165, 1.54) is 24.3 Å². The van der Waals surface area contributed by atoms with Gasteiger partial charge >= 0.3 is 0 Å². The van der Waals surface area contributed by atoms with E-state index in [0.29, 0.717) is 25.6 Å². The van der Waals surface area contributed by atoms with E-state index in [2.05, 4.69) is 15.6 Å². The van der Waals surface area contributed by atoms with Crippen LogP contribution in [-0.2, 0) is 23.1 Å².